The normalized spacial score (nSPS) is 22.1. The van der Waals surface area contributed by atoms with Crippen LogP contribution in [0, 0.1) is 11.8 Å². The average molecular weight is 286 g/mol. The Morgan fingerprint density at radius 2 is 1.67 bits per heavy atom. The van der Waals surface area contributed by atoms with E-state index in [0.717, 1.165) is 25.0 Å². The van der Waals surface area contributed by atoms with Crippen LogP contribution in [0.2, 0.25) is 0 Å². The average Bonchev–Trinajstić information content (AvgIpc) is 2.53. The maximum atomic E-state index is 5.44. The van der Waals surface area contributed by atoms with Crippen LogP contribution in [0.5, 0.6) is 0 Å². The van der Waals surface area contributed by atoms with Gasteiger partial charge in [0, 0.05) is 6.61 Å². The van der Waals surface area contributed by atoms with Crippen molar-refractivity contribution in [1.29, 1.82) is 0 Å². The van der Waals surface area contributed by atoms with Gasteiger partial charge in [-0.3, -0.25) is 0 Å². The number of rotatable bonds is 8. The van der Waals surface area contributed by atoms with Crippen LogP contribution in [0.1, 0.15) is 56.6 Å². The summed E-state index contributed by atoms with van der Waals surface area (Å²) >= 11 is 0. The van der Waals surface area contributed by atoms with Crippen LogP contribution < -0.4 is 0 Å². The fourth-order valence-electron chi connectivity index (χ4n) is 3.38. The molecule has 1 heteroatoms. The Morgan fingerprint density at radius 3 is 2.29 bits per heavy atom. The van der Waals surface area contributed by atoms with Crippen molar-refractivity contribution in [2.24, 2.45) is 11.8 Å². The van der Waals surface area contributed by atoms with Gasteiger partial charge in [-0.15, -0.1) is 6.58 Å². The first-order chi connectivity index (χ1) is 10.3. The first-order valence-electron chi connectivity index (χ1n) is 8.58. The van der Waals surface area contributed by atoms with Gasteiger partial charge in [-0.05, 0) is 62.0 Å². The molecule has 1 aliphatic rings. The highest BCUT2D eigenvalue weighted by molar-refractivity contribution is 5.22. The van der Waals surface area contributed by atoms with Gasteiger partial charge in [0.1, 0.15) is 0 Å². The van der Waals surface area contributed by atoms with Crippen LogP contribution in [0.3, 0.4) is 0 Å². The molecule has 0 aromatic heterocycles. The van der Waals surface area contributed by atoms with Crippen molar-refractivity contribution in [2.75, 3.05) is 6.61 Å². The van der Waals surface area contributed by atoms with Crippen LogP contribution in [-0.4, -0.2) is 6.61 Å². The second-order valence-electron chi connectivity index (χ2n) is 6.40. The molecular weight excluding hydrogens is 256 g/mol. The van der Waals surface area contributed by atoms with Crippen molar-refractivity contribution in [3.8, 4) is 0 Å². The van der Waals surface area contributed by atoms with E-state index in [1.165, 1.54) is 56.1 Å². The summed E-state index contributed by atoms with van der Waals surface area (Å²) in [7, 11) is 0. The summed E-state index contributed by atoms with van der Waals surface area (Å²) in [6.07, 6.45) is 11.5. The smallest absolute Gasteiger partial charge is 0.0716 e. The summed E-state index contributed by atoms with van der Waals surface area (Å²) in [4.78, 5) is 0. The Balaban J connectivity index is 1.70. The third-order valence-corrected chi connectivity index (χ3v) is 4.80. The molecule has 0 amide bonds. The van der Waals surface area contributed by atoms with E-state index in [1.54, 1.807) is 0 Å². The molecule has 0 bridgehead atoms. The van der Waals surface area contributed by atoms with Crippen LogP contribution in [0.15, 0.2) is 36.9 Å². The van der Waals surface area contributed by atoms with E-state index in [4.69, 9.17) is 4.74 Å². The van der Waals surface area contributed by atoms with Crippen molar-refractivity contribution < 1.29 is 4.74 Å². The van der Waals surface area contributed by atoms with E-state index in [2.05, 4.69) is 36.9 Å². The van der Waals surface area contributed by atoms with Crippen molar-refractivity contribution >= 4 is 0 Å². The van der Waals surface area contributed by atoms with E-state index in [0.29, 0.717) is 0 Å². The van der Waals surface area contributed by atoms with Gasteiger partial charge < -0.3 is 4.74 Å². The highest BCUT2D eigenvalue weighted by Gasteiger charge is 2.19. The summed E-state index contributed by atoms with van der Waals surface area (Å²) in [5.74, 6) is 1.85. The van der Waals surface area contributed by atoms with Gasteiger partial charge in [0.15, 0.2) is 0 Å². The zero-order valence-corrected chi connectivity index (χ0v) is 13.5. The fourth-order valence-corrected chi connectivity index (χ4v) is 3.38. The van der Waals surface area contributed by atoms with E-state index in [1.807, 2.05) is 6.92 Å². The SMILES string of the molecule is C=CC[C@H]1CC[C@H](CCc2ccc(COCC)cc2)CC1. The van der Waals surface area contributed by atoms with Crippen LogP contribution in [0.4, 0.5) is 0 Å². The van der Waals surface area contributed by atoms with Gasteiger partial charge in [-0.2, -0.15) is 0 Å². The minimum absolute atomic E-state index is 0.740. The molecule has 0 atom stereocenters. The number of hydrogen-bond acceptors (Lipinski definition) is 1. The number of benzene rings is 1. The topological polar surface area (TPSA) is 9.23 Å². The highest BCUT2D eigenvalue weighted by atomic mass is 16.5. The summed E-state index contributed by atoms with van der Waals surface area (Å²) < 4.78 is 5.44. The lowest BCUT2D eigenvalue weighted by molar-refractivity contribution is 0.134. The Kier molecular flexibility index (Phi) is 7.02. The lowest BCUT2D eigenvalue weighted by atomic mass is 9.78. The summed E-state index contributed by atoms with van der Waals surface area (Å²) in [6, 6.07) is 8.98. The molecule has 0 saturated heterocycles. The van der Waals surface area contributed by atoms with Crippen molar-refractivity contribution in [1.82, 2.24) is 0 Å². The Morgan fingerprint density at radius 1 is 1.05 bits per heavy atom. The molecule has 21 heavy (non-hydrogen) atoms. The second kappa shape index (κ2) is 9.04. The molecule has 1 saturated carbocycles. The molecule has 0 unspecified atom stereocenters. The van der Waals surface area contributed by atoms with Gasteiger partial charge >= 0.3 is 0 Å². The molecule has 0 aliphatic heterocycles. The third-order valence-electron chi connectivity index (χ3n) is 4.80. The lowest BCUT2D eigenvalue weighted by Gasteiger charge is -2.27. The monoisotopic (exact) mass is 286 g/mol. The van der Waals surface area contributed by atoms with Crippen LogP contribution >= 0.6 is 0 Å². The highest BCUT2D eigenvalue weighted by Crippen LogP contribution is 2.33. The van der Waals surface area contributed by atoms with E-state index in [9.17, 15) is 0 Å². The Hall–Kier alpha value is -1.08. The molecule has 0 spiro atoms. The number of hydrogen-bond donors (Lipinski definition) is 0. The van der Waals surface area contributed by atoms with Gasteiger partial charge in [-0.1, -0.05) is 43.2 Å². The lowest BCUT2D eigenvalue weighted by Crippen LogP contribution is -2.14. The van der Waals surface area contributed by atoms with Crippen molar-refractivity contribution in [3.63, 3.8) is 0 Å². The molecule has 0 heterocycles. The zero-order chi connectivity index (χ0) is 14.9. The first-order valence-corrected chi connectivity index (χ1v) is 8.58. The molecular formula is C20H30O. The summed E-state index contributed by atoms with van der Waals surface area (Å²) in [5.41, 5.74) is 2.76. The van der Waals surface area contributed by atoms with E-state index >= 15 is 0 Å². The number of ether oxygens (including phenoxy) is 1. The van der Waals surface area contributed by atoms with E-state index in [-0.39, 0.29) is 0 Å². The standard InChI is InChI=1S/C20H30O/c1-3-5-17-6-8-18(9-7-17)10-11-19-12-14-20(15-13-19)16-21-4-2/h3,12-15,17-18H,1,4-11,16H2,2H3/t17-,18-. The minimum atomic E-state index is 0.740. The number of aryl methyl sites for hydroxylation is 1. The Labute approximate surface area is 130 Å². The molecule has 116 valence electrons. The van der Waals surface area contributed by atoms with Gasteiger partial charge in [0.25, 0.3) is 0 Å². The molecule has 1 fully saturated rings. The Bertz CT molecular complexity index is 398. The summed E-state index contributed by atoms with van der Waals surface area (Å²) in [6.45, 7) is 7.43. The van der Waals surface area contributed by atoms with E-state index < -0.39 is 0 Å². The molecule has 1 aromatic carbocycles. The first kappa shape index (κ1) is 16.3. The number of allylic oxidation sites excluding steroid dienone is 1. The molecule has 1 aromatic rings. The molecule has 0 N–H and O–H groups in total. The van der Waals surface area contributed by atoms with Crippen molar-refractivity contribution in [2.45, 2.75) is 58.5 Å². The van der Waals surface area contributed by atoms with Crippen molar-refractivity contribution in [3.05, 3.63) is 48.0 Å². The maximum absolute atomic E-state index is 5.44. The van der Waals surface area contributed by atoms with Gasteiger partial charge in [0.05, 0.1) is 6.61 Å². The summed E-state index contributed by atoms with van der Waals surface area (Å²) in [5, 5.41) is 0. The third kappa shape index (κ3) is 5.67. The largest absolute Gasteiger partial charge is 0.377 e. The fraction of sp³-hybridized carbons (Fsp3) is 0.600. The predicted molar refractivity (Wildman–Crippen MR) is 90.4 cm³/mol. The maximum Gasteiger partial charge on any atom is 0.0716 e. The van der Waals surface area contributed by atoms with Crippen LogP contribution in [-0.2, 0) is 17.8 Å². The molecule has 1 aliphatic carbocycles. The van der Waals surface area contributed by atoms with Gasteiger partial charge in [-0.25, -0.2) is 0 Å². The molecule has 2 rings (SSSR count). The minimum Gasteiger partial charge on any atom is -0.377 e. The molecule has 1 nitrogen and oxygen atoms in total. The zero-order valence-electron chi connectivity index (χ0n) is 13.5. The second-order valence-corrected chi connectivity index (χ2v) is 6.40. The van der Waals surface area contributed by atoms with Crippen LogP contribution in [0.25, 0.3) is 0 Å². The predicted octanol–water partition coefficient (Wildman–Crippen LogP) is 5.54. The van der Waals surface area contributed by atoms with Gasteiger partial charge in [0.2, 0.25) is 0 Å². The quantitative estimate of drug-likeness (QED) is 0.570. The molecule has 0 radical (unpaired) electrons.